The molecule has 0 aliphatic carbocycles. The number of nitrogens with one attached hydrogen (secondary N) is 1. The van der Waals surface area contributed by atoms with Crippen molar-refractivity contribution in [3.8, 4) is 5.75 Å². The molecule has 0 fully saturated rings. The van der Waals surface area contributed by atoms with Gasteiger partial charge in [0, 0.05) is 12.6 Å². The predicted molar refractivity (Wildman–Crippen MR) is 81.8 cm³/mol. The average molecular weight is 275 g/mol. The first-order valence-corrected chi connectivity index (χ1v) is 7.71. The molecule has 0 spiro atoms. The maximum Gasteiger partial charge on any atom is 0.119 e. The Morgan fingerprint density at radius 1 is 1.21 bits per heavy atom. The minimum absolute atomic E-state index is 0.391. The van der Waals surface area contributed by atoms with Crippen LogP contribution in [0.1, 0.15) is 37.4 Å². The monoisotopic (exact) mass is 275 g/mol. The summed E-state index contributed by atoms with van der Waals surface area (Å²) in [5.41, 5.74) is 2.64. The molecule has 1 unspecified atom stereocenters. The molecule has 0 saturated heterocycles. The molecule has 1 atom stereocenters. The minimum Gasteiger partial charge on any atom is -0.494 e. The molecule has 0 saturated carbocycles. The van der Waals surface area contributed by atoms with Gasteiger partial charge in [-0.3, -0.25) is 0 Å². The molecule has 19 heavy (non-hydrogen) atoms. The lowest BCUT2D eigenvalue weighted by Gasteiger charge is -2.13. The quantitative estimate of drug-likeness (QED) is 0.809. The van der Waals surface area contributed by atoms with Gasteiger partial charge in [0.25, 0.3) is 0 Å². The number of ether oxygens (including phenoxy) is 1. The number of hydrogen-bond donors (Lipinski definition) is 1. The van der Waals surface area contributed by atoms with Gasteiger partial charge in [0.1, 0.15) is 5.75 Å². The highest BCUT2D eigenvalue weighted by Gasteiger charge is 2.04. The Morgan fingerprint density at radius 2 is 2.00 bits per heavy atom. The van der Waals surface area contributed by atoms with Crippen LogP contribution in [-0.4, -0.2) is 6.61 Å². The van der Waals surface area contributed by atoms with Gasteiger partial charge in [-0.2, -0.15) is 11.3 Å². The second kappa shape index (κ2) is 7.31. The van der Waals surface area contributed by atoms with Crippen LogP contribution >= 0.6 is 11.3 Å². The van der Waals surface area contributed by atoms with E-state index in [1.54, 1.807) is 11.3 Å². The van der Waals surface area contributed by atoms with E-state index < -0.39 is 0 Å². The van der Waals surface area contributed by atoms with E-state index in [9.17, 15) is 0 Å². The molecule has 1 heterocycles. The summed E-state index contributed by atoms with van der Waals surface area (Å²) in [6.45, 7) is 5.97. The first kappa shape index (κ1) is 14.1. The summed E-state index contributed by atoms with van der Waals surface area (Å²) in [5, 5.41) is 7.84. The minimum atomic E-state index is 0.391. The summed E-state index contributed by atoms with van der Waals surface area (Å²) in [5.74, 6) is 0.955. The SMILES string of the molecule is CCCOc1ccc(CNC(C)c2ccsc2)cc1. The normalized spacial score (nSPS) is 12.3. The number of rotatable bonds is 7. The Hall–Kier alpha value is -1.32. The molecule has 0 amide bonds. The molecule has 2 rings (SSSR count). The molecular weight excluding hydrogens is 254 g/mol. The van der Waals surface area contributed by atoms with Crippen molar-refractivity contribution in [2.24, 2.45) is 0 Å². The van der Waals surface area contributed by atoms with Crippen LogP contribution in [-0.2, 0) is 6.54 Å². The van der Waals surface area contributed by atoms with Gasteiger partial charge in [0.15, 0.2) is 0 Å². The van der Waals surface area contributed by atoms with E-state index in [2.05, 4.69) is 48.1 Å². The zero-order chi connectivity index (χ0) is 13.5. The third-order valence-corrected chi connectivity index (χ3v) is 3.75. The molecule has 3 heteroatoms. The molecule has 2 nitrogen and oxygen atoms in total. The highest BCUT2D eigenvalue weighted by molar-refractivity contribution is 7.07. The van der Waals surface area contributed by atoms with Crippen LogP contribution in [0.15, 0.2) is 41.1 Å². The molecule has 0 aliphatic rings. The predicted octanol–water partition coefficient (Wildman–Crippen LogP) is 4.39. The molecule has 0 bridgehead atoms. The number of thiophene rings is 1. The molecule has 1 aromatic carbocycles. The van der Waals surface area contributed by atoms with Crippen LogP contribution in [0.4, 0.5) is 0 Å². The fraction of sp³-hybridized carbons (Fsp3) is 0.375. The van der Waals surface area contributed by atoms with Crippen LogP contribution in [0, 0.1) is 0 Å². The van der Waals surface area contributed by atoms with E-state index in [0.717, 1.165) is 25.3 Å². The maximum atomic E-state index is 5.58. The topological polar surface area (TPSA) is 21.3 Å². The second-order valence-electron chi connectivity index (χ2n) is 4.65. The fourth-order valence-corrected chi connectivity index (χ4v) is 2.59. The van der Waals surface area contributed by atoms with Gasteiger partial charge in [-0.15, -0.1) is 0 Å². The molecular formula is C16H21NOS. The van der Waals surface area contributed by atoms with Crippen LogP contribution < -0.4 is 10.1 Å². The lowest BCUT2D eigenvalue weighted by molar-refractivity contribution is 0.317. The highest BCUT2D eigenvalue weighted by atomic mass is 32.1. The van der Waals surface area contributed by atoms with E-state index >= 15 is 0 Å². The summed E-state index contributed by atoms with van der Waals surface area (Å²) < 4.78 is 5.58. The third-order valence-electron chi connectivity index (χ3n) is 3.05. The average Bonchev–Trinajstić information content (AvgIpc) is 2.98. The standard InChI is InChI=1S/C16H21NOS/c1-3-9-18-16-6-4-14(5-7-16)11-17-13(2)15-8-10-19-12-15/h4-8,10,12-13,17H,3,9,11H2,1-2H3. The van der Waals surface area contributed by atoms with Crippen molar-refractivity contribution < 1.29 is 4.74 Å². The van der Waals surface area contributed by atoms with Crippen LogP contribution in [0.25, 0.3) is 0 Å². The number of hydrogen-bond acceptors (Lipinski definition) is 3. The van der Waals surface area contributed by atoms with E-state index in [1.165, 1.54) is 11.1 Å². The first-order valence-electron chi connectivity index (χ1n) is 6.77. The zero-order valence-corrected chi connectivity index (χ0v) is 12.4. The summed E-state index contributed by atoms with van der Waals surface area (Å²) in [7, 11) is 0. The Bertz CT molecular complexity index is 464. The van der Waals surface area contributed by atoms with Gasteiger partial charge in [0.2, 0.25) is 0 Å². The number of benzene rings is 1. The summed E-state index contributed by atoms with van der Waals surface area (Å²) in [4.78, 5) is 0. The lowest BCUT2D eigenvalue weighted by atomic mass is 10.1. The lowest BCUT2D eigenvalue weighted by Crippen LogP contribution is -2.17. The molecule has 0 radical (unpaired) electrons. The Balaban J connectivity index is 1.82. The van der Waals surface area contributed by atoms with Gasteiger partial charge in [-0.1, -0.05) is 19.1 Å². The Labute approximate surface area is 119 Å². The Kier molecular flexibility index (Phi) is 5.43. The molecule has 102 valence electrons. The summed E-state index contributed by atoms with van der Waals surface area (Å²) >= 11 is 1.74. The van der Waals surface area contributed by atoms with Gasteiger partial charge >= 0.3 is 0 Å². The highest BCUT2D eigenvalue weighted by Crippen LogP contribution is 2.17. The van der Waals surface area contributed by atoms with Crippen LogP contribution in [0.2, 0.25) is 0 Å². The maximum absolute atomic E-state index is 5.58. The van der Waals surface area contributed by atoms with Crippen molar-refractivity contribution in [3.63, 3.8) is 0 Å². The molecule has 2 aromatic rings. The van der Waals surface area contributed by atoms with E-state index in [0.29, 0.717) is 6.04 Å². The van der Waals surface area contributed by atoms with Crippen LogP contribution in [0.3, 0.4) is 0 Å². The van der Waals surface area contributed by atoms with Gasteiger partial charge in [-0.25, -0.2) is 0 Å². The first-order chi connectivity index (χ1) is 9.29. The summed E-state index contributed by atoms with van der Waals surface area (Å²) in [6, 6.07) is 10.9. The van der Waals surface area contributed by atoms with Crippen molar-refractivity contribution in [1.82, 2.24) is 5.32 Å². The van der Waals surface area contributed by atoms with Crippen molar-refractivity contribution in [2.45, 2.75) is 32.9 Å². The van der Waals surface area contributed by atoms with E-state index in [1.807, 2.05) is 12.1 Å². The smallest absolute Gasteiger partial charge is 0.119 e. The van der Waals surface area contributed by atoms with Gasteiger partial charge in [-0.05, 0) is 53.4 Å². The van der Waals surface area contributed by atoms with Gasteiger partial charge in [0.05, 0.1) is 6.61 Å². The largest absolute Gasteiger partial charge is 0.494 e. The summed E-state index contributed by atoms with van der Waals surface area (Å²) in [6.07, 6.45) is 1.04. The van der Waals surface area contributed by atoms with E-state index in [-0.39, 0.29) is 0 Å². The Morgan fingerprint density at radius 3 is 2.63 bits per heavy atom. The molecule has 1 N–H and O–H groups in total. The molecule has 0 aliphatic heterocycles. The second-order valence-corrected chi connectivity index (χ2v) is 5.43. The third kappa shape index (κ3) is 4.37. The van der Waals surface area contributed by atoms with Crippen molar-refractivity contribution in [3.05, 3.63) is 52.2 Å². The van der Waals surface area contributed by atoms with Gasteiger partial charge < -0.3 is 10.1 Å². The van der Waals surface area contributed by atoms with Crippen molar-refractivity contribution >= 4 is 11.3 Å². The zero-order valence-electron chi connectivity index (χ0n) is 11.6. The fourth-order valence-electron chi connectivity index (χ4n) is 1.83. The van der Waals surface area contributed by atoms with E-state index in [4.69, 9.17) is 4.74 Å². The van der Waals surface area contributed by atoms with Crippen molar-refractivity contribution in [1.29, 1.82) is 0 Å². The van der Waals surface area contributed by atoms with Crippen LogP contribution in [0.5, 0.6) is 5.75 Å². The molecule has 1 aromatic heterocycles. The van der Waals surface area contributed by atoms with Crippen molar-refractivity contribution in [2.75, 3.05) is 6.61 Å².